The van der Waals surface area contributed by atoms with E-state index in [1.54, 1.807) is 0 Å². The van der Waals surface area contributed by atoms with Crippen LogP contribution in [-0.4, -0.2) is 5.91 Å². The maximum Gasteiger partial charge on any atom is 0.256 e. The Hall–Kier alpha value is -2.84. The molecule has 0 fully saturated rings. The number of halogens is 1. The topological polar surface area (TPSA) is 29.1 Å². The van der Waals surface area contributed by atoms with Crippen molar-refractivity contribution in [2.24, 2.45) is 0 Å². The molecule has 0 aliphatic carbocycles. The monoisotopic (exact) mass is 347 g/mol. The second kappa shape index (κ2) is 7.82. The number of carbonyl (C=O) groups is 1. The van der Waals surface area contributed by atoms with Crippen LogP contribution in [0.4, 0.5) is 5.69 Å². The molecule has 1 N–H and O–H groups in total. The SMILES string of the molecule is Cc1c(Cl)cccc1NC(=O)/C(=C\c1ccccc1)c1ccccc1. The molecule has 25 heavy (non-hydrogen) atoms. The molecule has 3 aromatic rings. The number of hydrogen-bond donors (Lipinski definition) is 1. The maximum absolute atomic E-state index is 13.0. The van der Waals surface area contributed by atoms with Gasteiger partial charge in [-0.15, -0.1) is 0 Å². The molecule has 3 aromatic carbocycles. The van der Waals surface area contributed by atoms with Crippen LogP contribution in [0.2, 0.25) is 5.02 Å². The minimum Gasteiger partial charge on any atom is -0.322 e. The summed E-state index contributed by atoms with van der Waals surface area (Å²) in [6.07, 6.45) is 1.89. The van der Waals surface area contributed by atoms with E-state index in [1.165, 1.54) is 0 Å². The number of carbonyl (C=O) groups excluding carboxylic acids is 1. The second-order valence-corrected chi connectivity index (χ2v) is 6.11. The molecule has 0 aliphatic rings. The summed E-state index contributed by atoms with van der Waals surface area (Å²) in [5, 5.41) is 3.61. The van der Waals surface area contributed by atoms with Gasteiger partial charge in [0, 0.05) is 16.3 Å². The summed E-state index contributed by atoms with van der Waals surface area (Å²) in [7, 11) is 0. The molecule has 0 heterocycles. The van der Waals surface area contributed by atoms with Crippen molar-refractivity contribution in [1.82, 2.24) is 0 Å². The average molecular weight is 348 g/mol. The fourth-order valence-electron chi connectivity index (χ4n) is 2.55. The molecule has 0 spiro atoms. The molecule has 0 aromatic heterocycles. The van der Waals surface area contributed by atoms with Gasteiger partial charge in [0.15, 0.2) is 0 Å². The molecule has 0 bridgehead atoms. The lowest BCUT2D eigenvalue weighted by molar-refractivity contribution is -0.111. The Kier molecular flexibility index (Phi) is 5.32. The number of rotatable bonds is 4. The fourth-order valence-corrected chi connectivity index (χ4v) is 2.72. The molecule has 1 amide bonds. The van der Waals surface area contributed by atoms with E-state index in [0.717, 1.165) is 16.7 Å². The van der Waals surface area contributed by atoms with E-state index in [2.05, 4.69) is 5.32 Å². The zero-order valence-electron chi connectivity index (χ0n) is 13.9. The van der Waals surface area contributed by atoms with Crippen molar-refractivity contribution in [3.05, 3.63) is 101 Å². The third-order valence-corrected chi connectivity index (χ3v) is 4.37. The first-order valence-corrected chi connectivity index (χ1v) is 8.41. The number of amides is 1. The Morgan fingerprint density at radius 3 is 2.20 bits per heavy atom. The molecule has 0 unspecified atom stereocenters. The van der Waals surface area contributed by atoms with Crippen LogP contribution >= 0.6 is 11.6 Å². The lowest BCUT2D eigenvalue weighted by Gasteiger charge is -2.12. The third kappa shape index (κ3) is 4.17. The van der Waals surface area contributed by atoms with E-state index in [1.807, 2.05) is 91.9 Å². The van der Waals surface area contributed by atoms with Crippen LogP contribution in [-0.2, 0) is 4.79 Å². The highest BCUT2D eigenvalue weighted by atomic mass is 35.5. The smallest absolute Gasteiger partial charge is 0.256 e. The number of anilines is 1. The fraction of sp³-hybridized carbons (Fsp3) is 0.0455. The van der Waals surface area contributed by atoms with Gasteiger partial charge >= 0.3 is 0 Å². The van der Waals surface area contributed by atoms with Crippen LogP contribution in [0.15, 0.2) is 78.9 Å². The van der Waals surface area contributed by atoms with Crippen LogP contribution in [0.1, 0.15) is 16.7 Å². The quantitative estimate of drug-likeness (QED) is 0.467. The summed E-state index contributed by atoms with van der Waals surface area (Å²) in [5.41, 5.74) is 4.01. The van der Waals surface area contributed by atoms with Crippen molar-refractivity contribution < 1.29 is 4.79 Å². The molecule has 0 radical (unpaired) electrons. The molecule has 0 atom stereocenters. The van der Waals surface area contributed by atoms with Crippen molar-refractivity contribution in [3.63, 3.8) is 0 Å². The molecular formula is C22H18ClNO. The Morgan fingerprint density at radius 2 is 1.52 bits per heavy atom. The summed E-state index contributed by atoms with van der Waals surface area (Å²) in [6, 6.07) is 24.9. The maximum atomic E-state index is 13.0. The number of nitrogens with one attached hydrogen (secondary N) is 1. The van der Waals surface area contributed by atoms with Crippen molar-refractivity contribution in [2.75, 3.05) is 5.32 Å². The highest BCUT2D eigenvalue weighted by Gasteiger charge is 2.14. The summed E-state index contributed by atoms with van der Waals surface area (Å²) in [5.74, 6) is -0.166. The summed E-state index contributed by atoms with van der Waals surface area (Å²) in [4.78, 5) is 13.0. The Labute approximate surface area is 152 Å². The first-order valence-electron chi connectivity index (χ1n) is 8.04. The van der Waals surface area contributed by atoms with Gasteiger partial charge in [-0.25, -0.2) is 0 Å². The van der Waals surface area contributed by atoms with Crippen LogP contribution in [0, 0.1) is 6.92 Å². The molecule has 2 nitrogen and oxygen atoms in total. The molecule has 0 saturated carbocycles. The Morgan fingerprint density at radius 1 is 0.880 bits per heavy atom. The van der Waals surface area contributed by atoms with Crippen molar-refractivity contribution in [2.45, 2.75) is 6.92 Å². The minimum atomic E-state index is -0.166. The van der Waals surface area contributed by atoms with Gasteiger partial charge in [-0.1, -0.05) is 78.3 Å². The van der Waals surface area contributed by atoms with E-state index in [0.29, 0.717) is 16.3 Å². The third-order valence-electron chi connectivity index (χ3n) is 3.96. The number of benzene rings is 3. The summed E-state index contributed by atoms with van der Waals surface area (Å²) >= 11 is 6.16. The molecule has 124 valence electrons. The Bertz CT molecular complexity index is 902. The van der Waals surface area contributed by atoms with Crippen molar-refractivity contribution in [1.29, 1.82) is 0 Å². The van der Waals surface area contributed by atoms with E-state index in [9.17, 15) is 4.79 Å². The van der Waals surface area contributed by atoms with Gasteiger partial charge in [0.05, 0.1) is 0 Å². The summed E-state index contributed by atoms with van der Waals surface area (Å²) < 4.78 is 0. The molecular weight excluding hydrogens is 330 g/mol. The van der Waals surface area contributed by atoms with Crippen molar-refractivity contribution >= 4 is 34.8 Å². The number of hydrogen-bond acceptors (Lipinski definition) is 1. The lowest BCUT2D eigenvalue weighted by atomic mass is 10.0. The predicted octanol–water partition coefficient (Wildman–Crippen LogP) is 5.83. The minimum absolute atomic E-state index is 0.166. The summed E-state index contributed by atoms with van der Waals surface area (Å²) in [6.45, 7) is 1.89. The lowest BCUT2D eigenvalue weighted by Crippen LogP contribution is -2.14. The van der Waals surface area contributed by atoms with Crippen LogP contribution in [0.25, 0.3) is 11.6 Å². The second-order valence-electron chi connectivity index (χ2n) is 5.70. The highest BCUT2D eigenvalue weighted by molar-refractivity contribution is 6.32. The van der Waals surface area contributed by atoms with Gasteiger partial charge in [0.1, 0.15) is 0 Å². The van der Waals surface area contributed by atoms with Gasteiger partial charge in [-0.3, -0.25) is 4.79 Å². The van der Waals surface area contributed by atoms with E-state index in [-0.39, 0.29) is 5.91 Å². The first-order chi connectivity index (χ1) is 12.1. The largest absolute Gasteiger partial charge is 0.322 e. The van der Waals surface area contributed by atoms with E-state index >= 15 is 0 Å². The van der Waals surface area contributed by atoms with Gasteiger partial charge in [-0.2, -0.15) is 0 Å². The van der Waals surface area contributed by atoms with E-state index in [4.69, 9.17) is 11.6 Å². The van der Waals surface area contributed by atoms with Crippen molar-refractivity contribution in [3.8, 4) is 0 Å². The molecule has 3 heteroatoms. The zero-order valence-corrected chi connectivity index (χ0v) is 14.6. The molecule has 0 aliphatic heterocycles. The zero-order chi connectivity index (χ0) is 17.6. The standard InChI is InChI=1S/C22H18ClNO/c1-16-20(23)13-8-14-21(16)24-22(25)19(18-11-6-3-7-12-18)15-17-9-4-2-5-10-17/h2-15H,1H3,(H,24,25)/b19-15-. The average Bonchev–Trinajstić information content (AvgIpc) is 2.65. The normalized spacial score (nSPS) is 11.2. The van der Waals surface area contributed by atoms with E-state index < -0.39 is 0 Å². The van der Waals surface area contributed by atoms with Gasteiger partial charge in [-0.05, 0) is 41.8 Å². The van der Waals surface area contributed by atoms with Crippen LogP contribution in [0.3, 0.4) is 0 Å². The Balaban J connectivity index is 1.98. The van der Waals surface area contributed by atoms with Gasteiger partial charge in [0.25, 0.3) is 5.91 Å². The van der Waals surface area contributed by atoms with Gasteiger partial charge < -0.3 is 5.32 Å². The predicted molar refractivity (Wildman–Crippen MR) is 106 cm³/mol. The first kappa shape index (κ1) is 17.0. The molecule has 3 rings (SSSR count). The van der Waals surface area contributed by atoms with Crippen LogP contribution < -0.4 is 5.32 Å². The van der Waals surface area contributed by atoms with Crippen LogP contribution in [0.5, 0.6) is 0 Å². The molecule has 0 saturated heterocycles. The highest BCUT2D eigenvalue weighted by Crippen LogP contribution is 2.25. The van der Waals surface area contributed by atoms with Gasteiger partial charge in [0.2, 0.25) is 0 Å².